The highest BCUT2D eigenvalue weighted by atomic mass is 32.2. The van der Waals surface area contributed by atoms with Crippen LogP contribution < -0.4 is 4.31 Å². The number of aromatic nitrogens is 2. The smallest absolute Gasteiger partial charge is 0.338 e. The number of carbonyl (C=O) groups is 1. The monoisotopic (exact) mass is 351 g/mol. The third-order valence-electron chi connectivity index (χ3n) is 3.64. The fraction of sp³-hybridized carbons (Fsp3) is 0.400. The standard InChI is InChI=1S/C15H17N3O5S/c1-2-13-16-14(23-17-13)10-22-15(19)11-4-6-12(7-5-11)18-8-3-9-24(18,20)21/h4-7H,2-3,8-10H2,1H3. The maximum atomic E-state index is 12.0. The SMILES string of the molecule is CCc1noc(COC(=O)c2ccc(N3CCCS3(=O)=O)cc2)n1. The number of aryl methyl sites for hydroxylation is 1. The number of ether oxygens (including phenoxy) is 1. The molecule has 8 nitrogen and oxygen atoms in total. The Morgan fingerprint density at radius 1 is 1.33 bits per heavy atom. The van der Waals surface area contributed by atoms with Crippen LogP contribution in [0.15, 0.2) is 28.8 Å². The van der Waals surface area contributed by atoms with Crippen molar-refractivity contribution in [2.45, 2.75) is 26.4 Å². The van der Waals surface area contributed by atoms with Gasteiger partial charge in [-0.15, -0.1) is 0 Å². The van der Waals surface area contributed by atoms with E-state index in [9.17, 15) is 13.2 Å². The van der Waals surface area contributed by atoms with Crippen molar-refractivity contribution in [2.75, 3.05) is 16.6 Å². The maximum Gasteiger partial charge on any atom is 0.338 e. The van der Waals surface area contributed by atoms with Crippen LogP contribution in [0.5, 0.6) is 0 Å². The predicted molar refractivity (Wildman–Crippen MR) is 85.0 cm³/mol. The number of esters is 1. The van der Waals surface area contributed by atoms with Crippen LogP contribution in [0.1, 0.15) is 35.4 Å². The fourth-order valence-corrected chi connectivity index (χ4v) is 3.96. The molecule has 3 rings (SSSR count). The molecule has 0 N–H and O–H groups in total. The van der Waals surface area contributed by atoms with Crippen LogP contribution in [0, 0.1) is 0 Å². The Balaban J connectivity index is 1.63. The molecule has 0 spiro atoms. The van der Waals surface area contributed by atoms with Crippen molar-refractivity contribution in [1.29, 1.82) is 0 Å². The summed E-state index contributed by atoms with van der Waals surface area (Å²) >= 11 is 0. The van der Waals surface area contributed by atoms with Gasteiger partial charge in [0.25, 0.3) is 5.89 Å². The zero-order chi connectivity index (χ0) is 17.2. The molecule has 24 heavy (non-hydrogen) atoms. The molecule has 0 saturated carbocycles. The molecule has 0 amide bonds. The molecule has 1 fully saturated rings. The van der Waals surface area contributed by atoms with Crippen LogP contribution in [0.4, 0.5) is 5.69 Å². The summed E-state index contributed by atoms with van der Waals surface area (Å²) in [5, 5.41) is 3.71. The van der Waals surface area contributed by atoms with Crippen LogP contribution in [0.25, 0.3) is 0 Å². The number of rotatable bonds is 5. The lowest BCUT2D eigenvalue weighted by Crippen LogP contribution is -2.25. The molecular formula is C15H17N3O5S. The summed E-state index contributed by atoms with van der Waals surface area (Å²) in [5.74, 6) is 0.403. The number of benzene rings is 1. The zero-order valence-electron chi connectivity index (χ0n) is 13.1. The molecule has 2 aromatic rings. The summed E-state index contributed by atoms with van der Waals surface area (Å²) in [6, 6.07) is 6.27. The minimum absolute atomic E-state index is 0.103. The molecule has 0 unspecified atom stereocenters. The second kappa shape index (κ2) is 6.60. The summed E-state index contributed by atoms with van der Waals surface area (Å²) in [5.41, 5.74) is 0.874. The number of carbonyl (C=O) groups excluding carboxylic acids is 1. The quantitative estimate of drug-likeness (QED) is 0.753. The normalized spacial score (nSPS) is 16.3. The first-order valence-electron chi connectivity index (χ1n) is 7.58. The topological polar surface area (TPSA) is 103 Å². The van der Waals surface area contributed by atoms with Gasteiger partial charge in [-0.2, -0.15) is 4.98 Å². The van der Waals surface area contributed by atoms with Crippen LogP contribution in [-0.4, -0.2) is 36.8 Å². The highest BCUT2D eigenvalue weighted by Crippen LogP contribution is 2.24. The molecule has 9 heteroatoms. The molecule has 1 aliphatic heterocycles. The maximum absolute atomic E-state index is 12.0. The van der Waals surface area contributed by atoms with Crippen molar-refractivity contribution in [1.82, 2.24) is 10.1 Å². The Labute approximate surface area is 139 Å². The van der Waals surface area contributed by atoms with E-state index in [0.29, 0.717) is 36.5 Å². The molecule has 0 radical (unpaired) electrons. The van der Waals surface area contributed by atoms with Crippen molar-refractivity contribution in [3.05, 3.63) is 41.5 Å². The van der Waals surface area contributed by atoms with E-state index in [1.807, 2.05) is 6.92 Å². The van der Waals surface area contributed by atoms with Crippen molar-refractivity contribution in [2.24, 2.45) is 0 Å². The lowest BCUT2D eigenvalue weighted by molar-refractivity contribution is 0.0430. The lowest BCUT2D eigenvalue weighted by Gasteiger charge is -2.16. The molecule has 1 aromatic carbocycles. The first kappa shape index (κ1) is 16.4. The van der Waals surface area contributed by atoms with Gasteiger partial charge in [0, 0.05) is 13.0 Å². The summed E-state index contributed by atoms with van der Waals surface area (Å²) < 4.78 is 35.2. The largest absolute Gasteiger partial charge is 0.452 e. The van der Waals surface area contributed by atoms with E-state index in [0.717, 1.165) is 0 Å². The van der Waals surface area contributed by atoms with E-state index in [4.69, 9.17) is 9.26 Å². The number of hydrogen-bond acceptors (Lipinski definition) is 7. The van der Waals surface area contributed by atoms with Crippen molar-refractivity contribution in [3.63, 3.8) is 0 Å². The summed E-state index contributed by atoms with van der Waals surface area (Å²) in [7, 11) is -3.23. The minimum Gasteiger partial charge on any atom is -0.452 e. The summed E-state index contributed by atoms with van der Waals surface area (Å²) in [6.07, 6.45) is 1.24. The zero-order valence-corrected chi connectivity index (χ0v) is 14.0. The fourth-order valence-electron chi connectivity index (χ4n) is 2.40. The van der Waals surface area contributed by atoms with E-state index in [2.05, 4.69) is 10.1 Å². The van der Waals surface area contributed by atoms with Gasteiger partial charge in [0.2, 0.25) is 10.0 Å². The van der Waals surface area contributed by atoms with E-state index in [1.165, 1.54) is 16.4 Å². The minimum atomic E-state index is -3.23. The van der Waals surface area contributed by atoms with Gasteiger partial charge in [-0.25, -0.2) is 13.2 Å². The second-order valence-corrected chi connectivity index (χ2v) is 7.34. The number of nitrogens with zero attached hydrogens (tertiary/aromatic N) is 3. The Morgan fingerprint density at radius 3 is 2.67 bits per heavy atom. The van der Waals surface area contributed by atoms with Gasteiger partial charge in [-0.3, -0.25) is 4.31 Å². The van der Waals surface area contributed by atoms with E-state index in [1.54, 1.807) is 12.1 Å². The molecule has 0 aliphatic carbocycles. The van der Waals surface area contributed by atoms with Crippen LogP contribution in [0.3, 0.4) is 0 Å². The number of sulfonamides is 1. The second-order valence-electron chi connectivity index (χ2n) is 5.32. The molecule has 1 aliphatic rings. The van der Waals surface area contributed by atoms with Crippen molar-refractivity contribution < 1.29 is 22.5 Å². The molecule has 128 valence electrons. The van der Waals surface area contributed by atoms with Gasteiger partial charge < -0.3 is 9.26 Å². The first-order chi connectivity index (χ1) is 11.5. The molecule has 2 heterocycles. The number of hydrogen-bond donors (Lipinski definition) is 0. The Kier molecular flexibility index (Phi) is 4.52. The highest BCUT2D eigenvalue weighted by Gasteiger charge is 2.28. The van der Waals surface area contributed by atoms with Gasteiger partial charge in [0.05, 0.1) is 17.0 Å². The van der Waals surface area contributed by atoms with Crippen molar-refractivity contribution in [3.8, 4) is 0 Å². The van der Waals surface area contributed by atoms with Gasteiger partial charge >= 0.3 is 5.97 Å². The van der Waals surface area contributed by atoms with E-state index in [-0.39, 0.29) is 18.3 Å². The first-order valence-corrected chi connectivity index (χ1v) is 9.19. The van der Waals surface area contributed by atoms with Gasteiger partial charge in [0.15, 0.2) is 12.4 Å². The lowest BCUT2D eigenvalue weighted by atomic mass is 10.2. The summed E-state index contributed by atoms with van der Waals surface area (Å²) in [4.78, 5) is 16.1. The average Bonchev–Trinajstić information content (AvgIpc) is 3.18. The van der Waals surface area contributed by atoms with E-state index >= 15 is 0 Å². The molecule has 0 atom stereocenters. The van der Waals surface area contributed by atoms with Gasteiger partial charge in [-0.05, 0) is 30.7 Å². The van der Waals surface area contributed by atoms with Crippen LogP contribution in [0.2, 0.25) is 0 Å². The predicted octanol–water partition coefficient (Wildman–Crippen LogP) is 1.53. The molecular weight excluding hydrogens is 334 g/mol. The molecule has 1 saturated heterocycles. The van der Waals surface area contributed by atoms with Crippen molar-refractivity contribution >= 4 is 21.7 Å². The molecule has 0 bridgehead atoms. The Hall–Kier alpha value is -2.42. The van der Waals surface area contributed by atoms with Crippen LogP contribution in [-0.2, 0) is 27.8 Å². The van der Waals surface area contributed by atoms with E-state index < -0.39 is 16.0 Å². The van der Waals surface area contributed by atoms with Gasteiger partial charge in [-0.1, -0.05) is 12.1 Å². The molecule has 1 aromatic heterocycles. The highest BCUT2D eigenvalue weighted by molar-refractivity contribution is 7.93. The summed E-state index contributed by atoms with van der Waals surface area (Å²) in [6.45, 7) is 2.25. The van der Waals surface area contributed by atoms with Crippen LogP contribution >= 0.6 is 0 Å². The van der Waals surface area contributed by atoms with Gasteiger partial charge in [0.1, 0.15) is 0 Å². The Morgan fingerprint density at radius 2 is 2.08 bits per heavy atom. The number of anilines is 1. The third kappa shape index (κ3) is 3.40. The average molecular weight is 351 g/mol. The Bertz CT molecular complexity index is 829. The third-order valence-corrected chi connectivity index (χ3v) is 5.51.